The van der Waals surface area contributed by atoms with Gasteiger partial charge in [0.1, 0.15) is 11.6 Å². The molecule has 1 heterocycles. The first kappa shape index (κ1) is 14.5. The van der Waals surface area contributed by atoms with Gasteiger partial charge in [-0.15, -0.1) is 0 Å². The summed E-state index contributed by atoms with van der Waals surface area (Å²) in [6.07, 6.45) is 3.77. The third-order valence-corrected chi connectivity index (χ3v) is 2.66. The number of urea groups is 1. The number of carbonyl (C=O) groups excluding carboxylic acids is 1. The molecule has 1 aromatic heterocycles. The van der Waals surface area contributed by atoms with Crippen LogP contribution >= 0.6 is 0 Å². The number of carbonyl (C=O) groups is 2. The van der Waals surface area contributed by atoms with Crippen LogP contribution in [0.25, 0.3) is 0 Å². The summed E-state index contributed by atoms with van der Waals surface area (Å²) in [5.74, 6) is -1.19. The Morgan fingerprint density at radius 2 is 2.19 bits per heavy atom. The number of anilines is 1. The van der Waals surface area contributed by atoms with Crippen molar-refractivity contribution in [1.29, 1.82) is 0 Å². The summed E-state index contributed by atoms with van der Waals surface area (Å²) in [4.78, 5) is 29.3. The molecular formula is C13H13FN4O3. The fourth-order valence-electron chi connectivity index (χ4n) is 1.65. The van der Waals surface area contributed by atoms with Crippen molar-refractivity contribution in [1.82, 2.24) is 15.3 Å². The number of hydrogen-bond donors (Lipinski definition) is 4. The van der Waals surface area contributed by atoms with Crippen molar-refractivity contribution in [2.24, 2.45) is 0 Å². The number of carboxylic acids is 1. The van der Waals surface area contributed by atoms with Crippen molar-refractivity contribution in [3.05, 3.63) is 47.8 Å². The molecule has 2 rings (SSSR count). The van der Waals surface area contributed by atoms with Gasteiger partial charge >= 0.3 is 12.0 Å². The van der Waals surface area contributed by atoms with Gasteiger partial charge in [0.25, 0.3) is 0 Å². The number of aromatic nitrogens is 2. The first-order valence-electron chi connectivity index (χ1n) is 6.12. The van der Waals surface area contributed by atoms with Gasteiger partial charge < -0.3 is 20.7 Å². The Hall–Kier alpha value is -2.90. The van der Waals surface area contributed by atoms with Crippen molar-refractivity contribution in [2.45, 2.75) is 6.42 Å². The molecule has 0 aliphatic heterocycles. The summed E-state index contributed by atoms with van der Waals surface area (Å²) in [6, 6.07) is 2.55. The lowest BCUT2D eigenvalue weighted by Gasteiger charge is -2.08. The van der Waals surface area contributed by atoms with Crippen molar-refractivity contribution >= 4 is 17.7 Å². The van der Waals surface area contributed by atoms with Crippen LogP contribution in [0.3, 0.4) is 0 Å². The number of aromatic carboxylic acids is 1. The third kappa shape index (κ3) is 4.03. The van der Waals surface area contributed by atoms with Crippen LogP contribution in [0.5, 0.6) is 0 Å². The molecule has 0 fully saturated rings. The van der Waals surface area contributed by atoms with Crippen LogP contribution in [0.15, 0.2) is 30.6 Å². The van der Waals surface area contributed by atoms with Crippen molar-refractivity contribution < 1.29 is 19.1 Å². The molecule has 0 aliphatic rings. The number of H-pyrrole nitrogens is 1. The van der Waals surface area contributed by atoms with Crippen LogP contribution in [-0.2, 0) is 6.42 Å². The molecule has 7 nitrogen and oxygen atoms in total. The van der Waals surface area contributed by atoms with Crippen molar-refractivity contribution in [2.75, 3.05) is 11.9 Å². The van der Waals surface area contributed by atoms with E-state index >= 15 is 0 Å². The number of nitrogens with one attached hydrogen (secondary N) is 3. The Bertz CT molecular complexity index is 643. The molecule has 1 aromatic carbocycles. The maximum atomic E-state index is 13.5. The SMILES string of the molecule is O=C(NCCc1ncc[nH]1)Nc1cc(C(=O)O)ccc1F. The van der Waals surface area contributed by atoms with Crippen LogP contribution in [0.1, 0.15) is 16.2 Å². The highest BCUT2D eigenvalue weighted by atomic mass is 19.1. The highest BCUT2D eigenvalue weighted by Gasteiger charge is 2.10. The lowest BCUT2D eigenvalue weighted by molar-refractivity contribution is 0.0697. The molecule has 2 aromatic rings. The number of rotatable bonds is 5. The fraction of sp³-hybridized carbons (Fsp3) is 0.154. The molecule has 0 aliphatic carbocycles. The number of benzene rings is 1. The van der Waals surface area contributed by atoms with Gasteiger partial charge in [-0.3, -0.25) is 0 Å². The second kappa shape index (κ2) is 6.51. The molecule has 0 spiro atoms. The van der Waals surface area contributed by atoms with Crippen LogP contribution in [0.4, 0.5) is 14.9 Å². The molecule has 0 unspecified atom stereocenters. The second-order valence-corrected chi connectivity index (χ2v) is 4.17. The summed E-state index contributed by atoms with van der Waals surface area (Å²) in [6.45, 7) is 0.305. The average Bonchev–Trinajstić information content (AvgIpc) is 2.94. The summed E-state index contributed by atoms with van der Waals surface area (Å²) in [7, 11) is 0. The number of carboxylic acid groups (broad SMARTS) is 1. The van der Waals surface area contributed by atoms with Gasteiger partial charge in [-0.1, -0.05) is 0 Å². The molecular weight excluding hydrogens is 279 g/mol. The minimum Gasteiger partial charge on any atom is -0.478 e. The maximum absolute atomic E-state index is 13.5. The summed E-state index contributed by atoms with van der Waals surface area (Å²) < 4.78 is 13.5. The van der Waals surface area contributed by atoms with Gasteiger partial charge in [0, 0.05) is 25.4 Å². The smallest absolute Gasteiger partial charge is 0.335 e. The molecule has 4 N–H and O–H groups in total. The number of imidazole rings is 1. The second-order valence-electron chi connectivity index (χ2n) is 4.17. The molecule has 0 radical (unpaired) electrons. The Morgan fingerprint density at radius 3 is 2.86 bits per heavy atom. The van der Waals surface area contributed by atoms with E-state index in [0.717, 1.165) is 18.2 Å². The molecule has 0 atom stereocenters. The highest BCUT2D eigenvalue weighted by Crippen LogP contribution is 2.16. The molecule has 0 saturated carbocycles. The minimum absolute atomic E-state index is 0.109. The van der Waals surface area contributed by atoms with E-state index in [2.05, 4.69) is 20.6 Å². The van der Waals surface area contributed by atoms with Crippen molar-refractivity contribution in [3.63, 3.8) is 0 Å². The normalized spacial score (nSPS) is 10.1. The fourth-order valence-corrected chi connectivity index (χ4v) is 1.65. The number of halogens is 1. The van der Waals surface area contributed by atoms with E-state index in [0.29, 0.717) is 18.8 Å². The first-order chi connectivity index (χ1) is 10.1. The van der Waals surface area contributed by atoms with Gasteiger partial charge in [0.2, 0.25) is 0 Å². The zero-order valence-corrected chi connectivity index (χ0v) is 10.9. The number of nitrogens with zero attached hydrogens (tertiary/aromatic N) is 1. The zero-order valence-electron chi connectivity index (χ0n) is 10.9. The molecule has 0 saturated heterocycles. The molecule has 0 bridgehead atoms. The van der Waals surface area contributed by atoms with Crippen LogP contribution in [-0.4, -0.2) is 33.6 Å². The Labute approximate surface area is 119 Å². The van der Waals surface area contributed by atoms with E-state index < -0.39 is 17.8 Å². The van der Waals surface area contributed by atoms with E-state index in [1.165, 1.54) is 0 Å². The third-order valence-electron chi connectivity index (χ3n) is 2.66. The predicted molar refractivity (Wildman–Crippen MR) is 72.7 cm³/mol. The van der Waals surface area contributed by atoms with Gasteiger partial charge in [-0.25, -0.2) is 19.0 Å². The van der Waals surface area contributed by atoms with E-state index in [9.17, 15) is 14.0 Å². The van der Waals surface area contributed by atoms with E-state index in [1.807, 2.05) is 0 Å². The Balaban J connectivity index is 1.90. The lowest BCUT2D eigenvalue weighted by Crippen LogP contribution is -2.31. The van der Waals surface area contributed by atoms with Crippen molar-refractivity contribution in [3.8, 4) is 0 Å². The van der Waals surface area contributed by atoms with E-state index in [1.54, 1.807) is 12.4 Å². The van der Waals surface area contributed by atoms with E-state index in [4.69, 9.17) is 5.11 Å². The average molecular weight is 292 g/mol. The van der Waals surface area contributed by atoms with Gasteiger partial charge in [-0.05, 0) is 18.2 Å². The van der Waals surface area contributed by atoms with Gasteiger partial charge in [-0.2, -0.15) is 0 Å². The first-order valence-corrected chi connectivity index (χ1v) is 6.12. The van der Waals surface area contributed by atoms with Gasteiger partial charge in [0.15, 0.2) is 0 Å². The minimum atomic E-state index is -1.20. The summed E-state index contributed by atoms with van der Waals surface area (Å²) in [5.41, 5.74) is -0.298. The van der Waals surface area contributed by atoms with Crippen LogP contribution < -0.4 is 10.6 Å². The van der Waals surface area contributed by atoms with Crippen LogP contribution in [0.2, 0.25) is 0 Å². The quantitative estimate of drug-likeness (QED) is 0.671. The largest absolute Gasteiger partial charge is 0.478 e. The zero-order chi connectivity index (χ0) is 15.2. The predicted octanol–water partition coefficient (Wildman–Crippen LogP) is 1.61. The monoisotopic (exact) mass is 292 g/mol. The molecule has 110 valence electrons. The van der Waals surface area contributed by atoms with Crippen LogP contribution in [0, 0.1) is 5.82 Å². The standard InChI is InChI=1S/C13H13FN4O3/c14-9-2-1-8(12(19)20)7-10(9)18-13(21)17-4-3-11-15-5-6-16-11/h1-2,5-7H,3-4H2,(H,15,16)(H,19,20)(H2,17,18,21). The lowest BCUT2D eigenvalue weighted by atomic mass is 10.2. The number of hydrogen-bond acceptors (Lipinski definition) is 3. The summed E-state index contributed by atoms with van der Waals surface area (Å²) >= 11 is 0. The molecule has 2 amide bonds. The molecule has 21 heavy (non-hydrogen) atoms. The van der Waals surface area contributed by atoms with Gasteiger partial charge in [0.05, 0.1) is 11.3 Å². The number of aromatic amines is 1. The Kier molecular flexibility index (Phi) is 4.50. The molecule has 8 heteroatoms. The highest BCUT2D eigenvalue weighted by molar-refractivity contribution is 5.93. The summed E-state index contributed by atoms with van der Waals surface area (Å²) in [5, 5.41) is 13.6. The topological polar surface area (TPSA) is 107 Å². The maximum Gasteiger partial charge on any atom is 0.335 e. The van der Waals surface area contributed by atoms with E-state index in [-0.39, 0.29) is 11.3 Å². The number of amides is 2. The Morgan fingerprint density at radius 1 is 1.38 bits per heavy atom.